The number of nitriles is 1. The second-order valence-corrected chi connectivity index (χ2v) is 5.66. The lowest BCUT2D eigenvalue weighted by Gasteiger charge is -2.08. The van der Waals surface area contributed by atoms with Crippen molar-refractivity contribution < 1.29 is 4.42 Å². The van der Waals surface area contributed by atoms with Crippen LogP contribution < -0.4 is 0 Å². The molecule has 0 aliphatic carbocycles. The minimum absolute atomic E-state index is 0.181. The lowest BCUT2D eigenvalue weighted by atomic mass is 9.98. The summed E-state index contributed by atoms with van der Waals surface area (Å²) in [6.45, 7) is 3.94. The quantitative estimate of drug-likeness (QED) is 0.781. The van der Waals surface area contributed by atoms with Gasteiger partial charge in [0.15, 0.2) is 0 Å². The number of rotatable bonds is 5. The zero-order chi connectivity index (χ0) is 13.7. The van der Waals surface area contributed by atoms with Crippen molar-refractivity contribution in [2.24, 2.45) is 0 Å². The predicted molar refractivity (Wildman–Crippen MR) is 73.8 cm³/mol. The third-order valence-electron chi connectivity index (χ3n) is 2.76. The van der Waals surface area contributed by atoms with Crippen molar-refractivity contribution in [1.29, 1.82) is 5.26 Å². The predicted octanol–water partition coefficient (Wildman–Crippen LogP) is 3.42. The summed E-state index contributed by atoms with van der Waals surface area (Å²) in [6, 6.07) is 12.4. The van der Waals surface area contributed by atoms with Gasteiger partial charge in [0, 0.05) is 6.42 Å². The van der Waals surface area contributed by atoms with Crippen molar-refractivity contribution >= 4 is 11.8 Å². The molecule has 0 N–H and O–H groups in total. The van der Waals surface area contributed by atoms with Crippen LogP contribution in [0.25, 0.3) is 0 Å². The molecule has 0 bridgehead atoms. The Kier molecular flexibility index (Phi) is 4.58. The van der Waals surface area contributed by atoms with Gasteiger partial charge in [0.1, 0.15) is 0 Å². The van der Waals surface area contributed by atoms with E-state index in [9.17, 15) is 0 Å². The maximum Gasteiger partial charge on any atom is 0.277 e. The Morgan fingerprint density at radius 2 is 2.00 bits per heavy atom. The molecule has 4 nitrogen and oxygen atoms in total. The summed E-state index contributed by atoms with van der Waals surface area (Å²) in [5.41, 5.74) is 1.25. The van der Waals surface area contributed by atoms with Gasteiger partial charge in [-0.1, -0.05) is 37.3 Å². The summed E-state index contributed by atoms with van der Waals surface area (Å²) in [5, 5.41) is 17.0. The molecule has 0 fully saturated rings. The van der Waals surface area contributed by atoms with Crippen LogP contribution in [-0.2, 0) is 6.42 Å². The van der Waals surface area contributed by atoms with E-state index in [1.807, 2.05) is 18.2 Å². The minimum Gasteiger partial charge on any atom is -0.416 e. The molecular weight excluding hydrogens is 258 g/mol. The van der Waals surface area contributed by atoms with Gasteiger partial charge in [-0.15, -0.1) is 10.2 Å². The fourth-order valence-electron chi connectivity index (χ4n) is 1.71. The van der Waals surface area contributed by atoms with Gasteiger partial charge >= 0.3 is 0 Å². The molecule has 2 atom stereocenters. The van der Waals surface area contributed by atoms with E-state index >= 15 is 0 Å². The molecule has 0 aliphatic rings. The third-order valence-corrected chi connectivity index (χ3v) is 3.58. The van der Waals surface area contributed by atoms with E-state index in [2.05, 4.69) is 35.3 Å². The van der Waals surface area contributed by atoms with Gasteiger partial charge < -0.3 is 4.42 Å². The smallest absolute Gasteiger partial charge is 0.277 e. The average molecular weight is 273 g/mol. The van der Waals surface area contributed by atoms with Gasteiger partial charge in [0.25, 0.3) is 5.22 Å². The topological polar surface area (TPSA) is 62.7 Å². The van der Waals surface area contributed by atoms with Gasteiger partial charge in [-0.05, 0) is 30.2 Å². The molecule has 19 heavy (non-hydrogen) atoms. The van der Waals surface area contributed by atoms with Crippen molar-refractivity contribution in [3.63, 3.8) is 0 Å². The average Bonchev–Trinajstić information content (AvgIpc) is 2.86. The summed E-state index contributed by atoms with van der Waals surface area (Å²) >= 11 is 1.29. The van der Waals surface area contributed by atoms with Gasteiger partial charge in [-0.3, -0.25) is 0 Å². The third kappa shape index (κ3) is 3.83. The summed E-state index contributed by atoms with van der Waals surface area (Å²) in [6.07, 6.45) is 0.707. The van der Waals surface area contributed by atoms with Crippen LogP contribution in [0.3, 0.4) is 0 Å². The Morgan fingerprint density at radius 3 is 2.68 bits per heavy atom. The maximum absolute atomic E-state index is 8.74. The molecular formula is C14H15N3OS. The molecule has 98 valence electrons. The van der Waals surface area contributed by atoms with Crippen LogP contribution in [-0.4, -0.2) is 15.4 Å². The van der Waals surface area contributed by atoms with Crippen molar-refractivity contribution in [2.75, 3.05) is 0 Å². The number of thioether (sulfide) groups is 1. The zero-order valence-corrected chi connectivity index (χ0v) is 11.7. The van der Waals surface area contributed by atoms with E-state index in [1.165, 1.54) is 17.3 Å². The second-order valence-electron chi connectivity index (χ2n) is 4.37. The van der Waals surface area contributed by atoms with Crippen molar-refractivity contribution in [2.45, 2.75) is 36.7 Å². The SMILES string of the molecule is C[C@H](C#N)Sc1nnc(C[C@H](C)c2ccccc2)o1. The van der Waals surface area contributed by atoms with Crippen molar-refractivity contribution in [1.82, 2.24) is 10.2 Å². The molecule has 1 heterocycles. The first-order valence-corrected chi connectivity index (χ1v) is 7.00. The monoisotopic (exact) mass is 273 g/mol. The van der Waals surface area contributed by atoms with Crippen LogP contribution in [0, 0.1) is 11.3 Å². The molecule has 5 heteroatoms. The molecule has 2 aromatic rings. The first-order valence-electron chi connectivity index (χ1n) is 6.12. The highest BCUT2D eigenvalue weighted by atomic mass is 32.2. The summed E-state index contributed by atoms with van der Waals surface area (Å²) in [7, 11) is 0. The lowest BCUT2D eigenvalue weighted by Crippen LogP contribution is -1.98. The fraction of sp³-hybridized carbons (Fsp3) is 0.357. The first-order chi connectivity index (χ1) is 9.19. The first kappa shape index (κ1) is 13.6. The molecule has 0 amide bonds. The molecule has 1 aromatic carbocycles. The fourth-order valence-corrected chi connectivity index (χ4v) is 2.29. The zero-order valence-electron chi connectivity index (χ0n) is 10.9. The van der Waals surface area contributed by atoms with Crippen molar-refractivity contribution in [3.05, 3.63) is 41.8 Å². The van der Waals surface area contributed by atoms with E-state index in [1.54, 1.807) is 6.92 Å². The number of aromatic nitrogens is 2. The molecule has 2 rings (SSSR count). The molecule has 1 aromatic heterocycles. The minimum atomic E-state index is -0.181. The van der Waals surface area contributed by atoms with E-state index in [0.29, 0.717) is 23.5 Å². The van der Waals surface area contributed by atoms with Crippen LogP contribution in [0.5, 0.6) is 0 Å². The highest BCUT2D eigenvalue weighted by Crippen LogP contribution is 2.24. The second kappa shape index (κ2) is 6.39. The van der Waals surface area contributed by atoms with E-state index < -0.39 is 0 Å². The van der Waals surface area contributed by atoms with Gasteiger partial charge in [-0.2, -0.15) is 5.26 Å². The highest BCUT2D eigenvalue weighted by molar-refractivity contribution is 7.99. The Bertz CT molecular complexity index is 562. The van der Waals surface area contributed by atoms with Crippen LogP contribution >= 0.6 is 11.8 Å². The molecule has 0 aliphatic heterocycles. The van der Waals surface area contributed by atoms with Gasteiger partial charge in [0.2, 0.25) is 5.89 Å². The number of nitrogens with zero attached hydrogens (tertiary/aromatic N) is 3. The molecule has 0 saturated heterocycles. The Morgan fingerprint density at radius 1 is 1.26 bits per heavy atom. The molecule has 0 unspecified atom stereocenters. The van der Waals surface area contributed by atoms with E-state index in [-0.39, 0.29) is 5.25 Å². The van der Waals surface area contributed by atoms with Gasteiger partial charge in [-0.25, -0.2) is 0 Å². The summed E-state index contributed by atoms with van der Waals surface area (Å²) < 4.78 is 5.54. The number of benzene rings is 1. The van der Waals surface area contributed by atoms with Crippen molar-refractivity contribution in [3.8, 4) is 6.07 Å². The standard InChI is InChI=1S/C14H15N3OS/c1-10(12-6-4-3-5-7-12)8-13-16-17-14(18-13)19-11(2)9-15/h3-7,10-11H,8H2,1-2H3/t10-,11+/m0/s1. The van der Waals surface area contributed by atoms with E-state index in [4.69, 9.17) is 9.68 Å². The van der Waals surface area contributed by atoms with Crippen LogP contribution in [0.4, 0.5) is 0 Å². The Labute approximate surface area is 116 Å². The summed E-state index contributed by atoms with van der Waals surface area (Å²) in [5.74, 6) is 0.942. The molecule has 0 spiro atoms. The number of hydrogen-bond acceptors (Lipinski definition) is 5. The highest BCUT2D eigenvalue weighted by Gasteiger charge is 2.14. The summed E-state index contributed by atoms with van der Waals surface area (Å²) in [4.78, 5) is 0. The number of hydrogen-bond donors (Lipinski definition) is 0. The maximum atomic E-state index is 8.74. The van der Waals surface area contributed by atoms with Crippen LogP contribution in [0.15, 0.2) is 40.0 Å². The molecule has 0 saturated carbocycles. The largest absolute Gasteiger partial charge is 0.416 e. The molecule has 0 radical (unpaired) electrons. The van der Waals surface area contributed by atoms with Crippen LogP contribution in [0.2, 0.25) is 0 Å². The Hall–Kier alpha value is -1.80. The Balaban J connectivity index is 1.99. The lowest BCUT2D eigenvalue weighted by molar-refractivity contribution is 0.404. The van der Waals surface area contributed by atoms with Gasteiger partial charge in [0.05, 0.1) is 11.3 Å². The normalized spacial score (nSPS) is 13.7. The van der Waals surface area contributed by atoms with E-state index in [0.717, 1.165) is 0 Å². The van der Waals surface area contributed by atoms with Crippen LogP contribution in [0.1, 0.15) is 31.2 Å².